The number of hydrogen-bond acceptors (Lipinski definition) is 4. The molecule has 2 aromatic rings. The Morgan fingerprint density at radius 3 is 2.39 bits per heavy atom. The number of nitrogens with zero attached hydrogens (tertiary/aromatic N) is 1. The highest BCUT2D eigenvalue weighted by Gasteiger charge is 2.11. The summed E-state index contributed by atoms with van der Waals surface area (Å²) < 4.78 is 5.14. The highest BCUT2D eigenvalue weighted by molar-refractivity contribution is 7.99. The van der Waals surface area contributed by atoms with E-state index in [0.29, 0.717) is 6.54 Å². The van der Waals surface area contributed by atoms with E-state index in [1.54, 1.807) is 31.3 Å². The van der Waals surface area contributed by atoms with Crippen LogP contribution < -0.4 is 10.5 Å². The van der Waals surface area contributed by atoms with Gasteiger partial charge in [0.2, 0.25) is 0 Å². The van der Waals surface area contributed by atoms with Gasteiger partial charge in [-0.25, -0.2) is 0 Å². The fraction of sp³-hybridized carbons (Fsp3) is 0.214. The molecule has 4 heteroatoms. The van der Waals surface area contributed by atoms with E-state index in [4.69, 9.17) is 10.5 Å². The topological polar surface area (TPSA) is 48.1 Å². The molecule has 0 saturated heterocycles. The number of nitrogens with two attached hydrogens (primary N) is 1. The van der Waals surface area contributed by atoms with Crippen LogP contribution in [0.4, 0.5) is 0 Å². The molecule has 1 unspecified atom stereocenters. The molecule has 0 saturated carbocycles. The maximum absolute atomic E-state index is 5.84. The van der Waals surface area contributed by atoms with Crippen molar-refractivity contribution in [3.05, 3.63) is 54.4 Å². The molecule has 0 aliphatic rings. The molecule has 0 radical (unpaired) electrons. The Morgan fingerprint density at radius 1 is 1.17 bits per heavy atom. The molecular formula is C14H16N2OS. The smallest absolute Gasteiger partial charge is 0.118 e. The van der Waals surface area contributed by atoms with E-state index >= 15 is 0 Å². The summed E-state index contributed by atoms with van der Waals surface area (Å²) in [6, 6.07) is 12.0. The van der Waals surface area contributed by atoms with Crippen LogP contribution in [-0.4, -0.2) is 18.6 Å². The zero-order valence-electron chi connectivity index (χ0n) is 10.2. The lowest BCUT2D eigenvalue weighted by Crippen LogP contribution is -2.09. The van der Waals surface area contributed by atoms with E-state index in [-0.39, 0.29) is 5.25 Å². The van der Waals surface area contributed by atoms with Crippen LogP contribution in [0, 0.1) is 0 Å². The number of ether oxygens (including phenoxy) is 1. The summed E-state index contributed by atoms with van der Waals surface area (Å²) in [7, 11) is 1.67. The Morgan fingerprint density at radius 2 is 1.83 bits per heavy atom. The fourth-order valence-electron chi connectivity index (χ4n) is 1.65. The number of pyridine rings is 1. The standard InChI is InChI=1S/C14H16N2OS/c1-17-12-2-4-13(5-3-12)18-14(10-15)11-6-8-16-9-7-11/h2-9,14H,10,15H2,1H3. The largest absolute Gasteiger partial charge is 0.497 e. The van der Waals surface area contributed by atoms with Gasteiger partial charge in [-0.3, -0.25) is 4.98 Å². The number of methoxy groups -OCH3 is 1. The van der Waals surface area contributed by atoms with E-state index in [1.165, 1.54) is 10.5 Å². The molecule has 0 fully saturated rings. The Balaban J connectivity index is 2.10. The molecular weight excluding hydrogens is 244 g/mol. The summed E-state index contributed by atoms with van der Waals surface area (Å²) >= 11 is 1.75. The van der Waals surface area contributed by atoms with E-state index < -0.39 is 0 Å². The molecule has 94 valence electrons. The summed E-state index contributed by atoms with van der Waals surface area (Å²) in [6.45, 7) is 0.598. The second-order valence-corrected chi connectivity index (χ2v) is 5.07. The first-order valence-electron chi connectivity index (χ1n) is 5.74. The van der Waals surface area contributed by atoms with Crippen LogP contribution in [0.5, 0.6) is 5.75 Å². The fourth-order valence-corrected chi connectivity index (χ4v) is 2.66. The molecule has 2 N–H and O–H groups in total. The number of hydrogen-bond donors (Lipinski definition) is 1. The highest BCUT2D eigenvalue weighted by Crippen LogP contribution is 2.34. The molecule has 0 spiro atoms. The summed E-state index contributed by atoms with van der Waals surface area (Å²) in [4.78, 5) is 5.21. The third kappa shape index (κ3) is 3.24. The Hall–Kier alpha value is -1.52. The Labute approximate surface area is 111 Å². The van der Waals surface area contributed by atoms with E-state index in [1.807, 2.05) is 36.4 Å². The molecule has 0 aliphatic carbocycles. The minimum absolute atomic E-state index is 0.251. The summed E-state index contributed by atoms with van der Waals surface area (Å²) in [5, 5.41) is 0.251. The lowest BCUT2D eigenvalue weighted by Gasteiger charge is -2.14. The van der Waals surface area contributed by atoms with Crippen LogP contribution in [0.3, 0.4) is 0 Å². The van der Waals surface area contributed by atoms with Gasteiger partial charge in [0, 0.05) is 29.1 Å². The van der Waals surface area contributed by atoms with Crippen LogP contribution in [0.1, 0.15) is 10.8 Å². The van der Waals surface area contributed by atoms with Gasteiger partial charge in [0.15, 0.2) is 0 Å². The first kappa shape index (κ1) is 12.9. The van der Waals surface area contributed by atoms with Crippen LogP contribution in [0.2, 0.25) is 0 Å². The Kier molecular flexibility index (Phi) is 4.61. The molecule has 0 amide bonds. The molecule has 1 aromatic heterocycles. The normalized spacial score (nSPS) is 12.1. The van der Waals surface area contributed by atoms with Crippen molar-refractivity contribution >= 4 is 11.8 Å². The van der Waals surface area contributed by atoms with Gasteiger partial charge in [0.1, 0.15) is 5.75 Å². The molecule has 2 rings (SSSR count). The van der Waals surface area contributed by atoms with Crippen LogP contribution in [0.15, 0.2) is 53.7 Å². The predicted octanol–water partition coefficient (Wildman–Crippen LogP) is 2.88. The van der Waals surface area contributed by atoms with E-state index in [2.05, 4.69) is 4.98 Å². The van der Waals surface area contributed by atoms with Gasteiger partial charge in [-0.15, -0.1) is 11.8 Å². The molecule has 18 heavy (non-hydrogen) atoms. The average molecular weight is 260 g/mol. The predicted molar refractivity (Wildman–Crippen MR) is 74.9 cm³/mol. The van der Waals surface area contributed by atoms with Crippen molar-refractivity contribution in [3.8, 4) is 5.75 Å². The first-order valence-corrected chi connectivity index (χ1v) is 6.62. The van der Waals surface area contributed by atoms with Gasteiger partial charge in [0.25, 0.3) is 0 Å². The van der Waals surface area contributed by atoms with Crippen molar-refractivity contribution in [2.75, 3.05) is 13.7 Å². The van der Waals surface area contributed by atoms with Gasteiger partial charge in [-0.05, 0) is 42.0 Å². The summed E-state index contributed by atoms with van der Waals surface area (Å²) in [5.74, 6) is 0.868. The lowest BCUT2D eigenvalue weighted by molar-refractivity contribution is 0.414. The van der Waals surface area contributed by atoms with Gasteiger partial charge >= 0.3 is 0 Å². The SMILES string of the molecule is COc1ccc(SC(CN)c2ccncc2)cc1. The van der Waals surface area contributed by atoms with Crippen molar-refractivity contribution in [2.24, 2.45) is 5.73 Å². The molecule has 3 nitrogen and oxygen atoms in total. The maximum atomic E-state index is 5.84. The van der Waals surface area contributed by atoms with Crippen LogP contribution in [-0.2, 0) is 0 Å². The molecule has 0 aliphatic heterocycles. The molecule has 1 aromatic carbocycles. The van der Waals surface area contributed by atoms with E-state index in [9.17, 15) is 0 Å². The number of benzene rings is 1. The average Bonchev–Trinajstić information content (AvgIpc) is 2.46. The maximum Gasteiger partial charge on any atom is 0.118 e. The molecule has 1 atom stereocenters. The zero-order chi connectivity index (χ0) is 12.8. The van der Waals surface area contributed by atoms with E-state index in [0.717, 1.165) is 5.75 Å². The summed E-state index contributed by atoms with van der Waals surface area (Å²) in [6.07, 6.45) is 3.60. The van der Waals surface area contributed by atoms with Crippen molar-refractivity contribution < 1.29 is 4.74 Å². The third-order valence-corrected chi connectivity index (χ3v) is 3.92. The number of thioether (sulfide) groups is 1. The van der Waals surface area contributed by atoms with Crippen LogP contribution >= 0.6 is 11.8 Å². The van der Waals surface area contributed by atoms with Crippen molar-refractivity contribution in [1.29, 1.82) is 0 Å². The molecule has 1 heterocycles. The van der Waals surface area contributed by atoms with Gasteiger partial charge in [0.05, 0.1) is 7.11 Å². The molecule has 0 bridgehead atoms. The summed E-state index contributed by atoms with van der Waals surface area (Å²) in [5.41, 5.74) is 7.04. The van der Waals surface area contributed by atoms with Gasteiger partial charge in [-0.1, -0.05) is 0 Å². The van der Waals surface area contributed by atoms with Crippen LogP contribution in [0.25, 0.3) is 0 Å². The van der Waals surface area contributed by atoms with Crippen molar-refractivity contribution in [1.82, 2.24) is 4.98 Å². The second-order valence-electron chi connectivity index (χ2n) is 3.80. The Bertz CT molecular complexity index is 473. The number of rotatable bonds is 5. The van der Waals surface area contributed by atoms with Gasteiger partial charge in [-0.2, -0.15) is 0 Å². The van der Waals surface area contributed by atoms with Crippen molar-refractivity contribution in [2.45, 2.75) is 10.1 Å². The first-order chi connectivity index (χ1) is 8.83. The lowest BCUT2D eigenvalue weighted by atomic mass is 10.2. The number of aromatic nitrogens is 1. The minimum atomic E-state index is 0.251. The quantitative estimate of drug-likeness (QED) is 0.840. The van der Waals surface area contributed by atoms with Gasteiger partial charge < -0.3 is 10.5 Å². The third-order valence-electron chi connectivity index (χ3n) is 2.63. The van der Waals surface area contributed by atoms with Crippen molar-refractivity contribution in [3.63, 3.8) is 0 Å². The second kappa shape index (κ2) is 6.42. The minimum Gasteiger partial charge on any atom is -0.497 e. The highest BCUT2D eigenvalue weighted by atomic mass is 32.2. The zero-order valence-corrected chi connectivity index (χ0v) is 11.1. The monoisotopic (exact) mass is 260 g/mol.